The van der Waals surface area contributed by atoms with Crippen molar-refractivity contribution in [3.63, 3.8) is 0 Å². The number of amides is 2. The average Bonchev–Trinajstić information content (AvgIpc) is 2.97. The van der Waals surface area contributed by atoms with Crippen molar-refractivity contribution in [2.75, 3.05) is 24.3 Å². The SMILES string of the molecule is COc1ccc(CNc2nc3c(c(=O)n2-c2ccc([N+](=O)[O-])cc2)CN(C(=O)Nc2ccc(Cl)cc2Cl)CC3)cc1. The molecule has 2 heterocycles. The van der Waals surface area contributed by atoms with E-state index in [1.807, 2.05) is 24.3 Å². The van der Waals surface area contributed by atoms with E-state index in [1.54, 1.807) is 19.2 Å². The second-order valence-corrected chi connectivity index (χ2v) is 10.0. The molecule has 0 unspecified atom stereocenters. The van der Waals surface area contributed by atoms with Crippen LogP contribution in [0.5, 0.6) is 5.75 Å². The Bertz CT molecular complexity index is 1680. The van der Waals surface area contributed by atoms with E-state index < -0.39 is 11.0 Å². The van der Waals surface area contributed by atoms with Crippen LogP contribution in [0.25, 0.3) is 5.69 Å². The summed E-state index contributed by atoms with van der Waals surface area (Å²) >= 11 is 12.2. The van der Waals surface area contributed by atoms with Crippen LogP contribution in [0.2, 0.25) is 10.0 Å². The van der Waals surface area contributed by atoms with Crippen molar-refractivity contribution in [1.82, 2.24) is 14.5 Å². The summed E-state index contributed by atoms with van der Waals surface area (Å²) in [6, 6.07) is 17.4. The first-order chi connectivity index (χ1) is 19.7. The number of nitrogens with zero attached hydrogens (tertiary/aromatic N) is 4. The lowest BCUT2D eigenvalue weighted by atomic mass is 10.1. The third-order valence-corrected chi connectivity index (χ3v) is 7.17. The van der Waals surface area contributed by atoms with Gasteiger partial charge in [-0.15, -0.1) is 0 Å². The molecule has 0 spiro atoms. The highest BCUT2D eigenvalue weighted by Gasteiger charge is 2.27. The Balaban J connectivity index is 1.47. The number of rotatable bonds is 7. The number of fused-ring (bicyclic) bond motifs is 1. The molecular weight excluding hydrogens is 571 g/mol. The predicted octanol–water partition coefficient (Wildman–Crippen LogP) is 5.66. The zero-order valence-corrected chi connectivity index (χ0v) is 23.3. The number of methoxy groups -OCH3 is 1. The van der Waals surface area contributed by atoms with E-state index in [1.165, 1.54) is 39.8 Å². The van der Waals surface area contributed by atoms with Crippen LogP contribution >= 0.6 is 23.2 Å². The van der Waals surface area contributed by atoms with Crippen molar-refractivity contribution in [2.45, 2.75) is 19.5 Å². The van der Waals surface area contributed by atoms with Crippen LogP contribution in [0.15, 0.2) is 71.5 Å². The highest BCUT2D eigenvalue weighted by molar-refractivity contribution is 6.36. The molecule has 0 radical (unpaired) electrons. The third kappa shape index (κ3) is 6.11. The summed E-state index contributed by atoms with van der Waals surface area (Å²) in [5.41, 5.74) is 2.14. The van der Waals surface area contributed by atoms with Crippen molar-refractivity contribution in [3.8, 4) is 11.4 Å². The zero-order valence-electron chi connectivity index (χ0n) is 21.8. The quantitative estimate of drug-likeness (QED) is 0.208. The van der Waals surface area contributed by atoms with Gasteiger partial charge < -0.3 is 20.3 Å². The molecule has 0 aliphatic carbocycles. The van der Waals surface area contributed by atoms with Gasteiger partial charge in [0.05, 0.1) is 46.2 Å². The van der Waals surface area contributed by atoms with Gasteiger partial charge in [0.15, 0.2) is 0 Å². The minimum Gasteiger partial charge on any atom is -0.497 e. The Hall–Kier alpha value is -4.61. The Kier molecular flexibility index (Phi) is 8.09. The molecule has 41 heavy (non-hydrogen) atoms. The minimum absolute atomic E-state index is 0.0178. The highest BCUT2D eigenvalue weighted by Crippen LogP contribution is 2.27. The topological polar surface area (TPSA) is 132 Å². The van der Waals surface area contributed by atoms with Gasteiger partial charge in [-0.05, 0) is 48.0 Å². The summed E-state index contributed by atoms with van der Waals surface area (Å²) in [7, 11) is 1.59. The number of nitrogens with one attached hydrogen (secondary N) is 2. The number of urea groups is 1. The number of ether oxygens (including phenoxy) is 1. The first-order valence-electron chi connectivity index (χ1n) is 12.5. The van der Waals surface area contributed by atoms with Crippen molar-refractivity contribution < 1.29 is 14.5 Å². The standard InChI is InChI=1S/C28H24Cl2N6O5/c1-41-21-9-2-17(3-10-21)15-31-27-32-24-12-13-34(28(38)33-25-11-4-18(29)14-23(25)30)16-22(24)26(37)35(27)19-5-7-20(8-6-19)36(39)40/h2-11,14H,12-13,15-16H2,1H3,(H,31,32)(H,33,38). The van der Waals surface area contributed by atoms with Crippen molar-refractivity contribution in [1.29, 1.82) is 0 Å². The summed E-state index contributed by atoms with van der Waals surface area (Å²) in [6.45, 7) is 0.707. The molecule has 2 amide bonds. The zero-order chi connectivity index (χ0) is 29.1. The first kappa shape index (κ1) is 27.9. The molecule has 13 heteroatoms. The Morgan fingerprint density at radius 2 is 1.83 bits per heavy atom. The predicted molar refractivity (Wildman–Crippen MR) is 156 cm³/mol. The van der Waals surface area contributed by atoms with Crippen molar-refractivity contribution in [3.05, 3.63) is 114 Å². The molecule has 1 aliphatic heterocycles. The van der Waals surface area contributed by atoms with Gasteiger partial charge in [-0.2, -0.15) is 0 Å². The van der Waals surface area contributed by atoms with Crippen LogP contribution in [0, 0.1) is 10.1 Å². The number of halogens is 2. The maximum atomic E-state index is 13.9. The van der Waals surface area contributed by atoms with Crippen LogP contribution < -0.4 is 20.9 Å². The fourth-order valence-corrected chi connectivity index (χ4v) is 4.90. The summed E-state index contributed by atoms with van der Waals surface area (Å²) in [6.07, 6.45) is 0.352. The number of hydrogen-bond donors (Lipinski definition) is 2. The monoisotopic (exact) mass is 594 g/mol. The summed E-state index contributed by atoms with van der Waals surface area (Å²) in [4.78, 5) is 43.9. The molecule has 0 saturated carbocycles. The number of nitro benzene ring substituents is 1. The van der Waals surface area contributed by atoms with Gasteiger partial charge in [-0.3, -0.25) is 14.9 Å². The summed E-state index contributed by atoms with van der Waals surface area (Å²) < 4.78 is 6.58. The van der Waals surface area contributed by atoms with Crippen LogP contribution in [0.4, 0.5) is 22.1 Å². The Morgan fingerprint density at radius 1 is 1.10 bits per heavy atom. The fourth-order valence-electron chi connectivity index (χ4n) is 4.44. The second kappa shape index (κ2) is 11.9. The van der Waals surface area contributed by atoms with E-state index in [0.717, 1.165) is 11.3 Å². The number of carbonyl (C=O) groups is 1. The number of hydrogen-bond acceptors (Lipinski definition) is 7. The molecule has 2 N–H and O–H groups in total. The minimum atomic E-state index is -0.510. The molecular formula is C28H24Cl2N6O5. The second-order valence-electron chi connectivity index (χ2n) is 9.20. The van der Waals surface area contributed by atoms with Gasteiger partial charge in [0, 0.05) is 36.7 Å². The molecule has 11 nitrogen and oxygen atoms in total. The number of anilines is 2. The van der Waals surface area contributed by atoms with Gasteiger partial charge in [-0.25, -0.2) is 14.3 Å². The Morgan fingerprint density at radius 3 is 2.49 bits per heavy atom. The Labute approximate surface area is 244 Å². The van der Waals surface area contributed by atoms with Gasteiger partial charge in [0.25, 0.3) is 11.2 Å². The molecule has 0 saturated heterocycles. The smallest absolute Gasteiger partial charge is 0.322 e. The molecule has 0 atom stereocenters. The number of benzene rings is 3. The lowest BCUT2D eigenvalue weighted by molar-refractivity contribution is -0.384. The maximum absolute atomic E-state index is 13.9. The highest BCUT2D eigenvalue weighted by atomic mass is 35.5. The summed E-state index contributed by atoms with van der Waals surface area (Å²) in [5.74, 6) is 1.000. The van der Waals surface area contributed by atoms with Crippen LogP contribution in [-0.2, 0) is 19.5 Å². The van der Waals surface area contributed by atoms with E-state index in [-0.39, 0.29) is 28.8 Å². The number of aromatic nitrogens is 2. The van der Waals surface area contributed by atoms with E-state index in [4.69, 9.17) is 32.9 Å². The molecule has 4 aromatic rings. The lowest BCUT2D eigenvalue weighted by Gasteiger charge is -2.29. The molecule has 5 rings (SSSR count). The lowest BCUT2D eigenvalue weighted by Crippen LogP contribution is -2.43. The van der Waals surface area contributed by atoms with Crippen LogP contribution in [0.3, 0.4) is 0 Å². The van der Waals surface area contributed by atoms with Crippen LogP contribution in [-0.4, -0.2) is 39.1 Å². The maximum Gasteiger partial charge on any atom is 0.322 e. The third-order valence-electron chi connectivity index (χ3n) is 6.62. The molecule has 1 aromatic heterocycles. The number of nitro groups is 1. The molecule has 1 aliphatic rings. The van der Waals surface area contributed by atoms with Crippen LogP contribution in [0.1, 0.15) is 16.8 Å². The van der Waals surface area contributed by atoms with E-state index >= 15 is 0 Å². The van der Waals surface area contributed by atoms with E-state index in [2.05, 4.69) is 10.6 Å². The van der Waals surface area contributed by atoms with Gasteiger partial charge in [0.1, 0.15) is 5.75 Å². The molecule has 3 aromatic carbocycles. The van der Waals surface area contributed by atoms with Gasteiger partial charge >= 0.3 is 6.03 Å². The first-order valence-corrected chi connectivity index (χ1v) is 13.3. The number of carbonyl (C=O) groups excluding carboxylic acids is 1. The van der Waals surface area contributed by atoms with Gasteiger partial charge in [-0.1, -0.05) is 35.3 Å². The normalized spacial score (nSPS) is 12.4. The largest absolute Gasteiger partial charge is 0.497 e. The van der Waals surface area contributed by atoms with E-state index in [0.29, 0.717) is 47.2 Å². The average molecular weight is 595 g/mol. The van der Waals surface area contributed by atoms with Crippen molar-refractivity contribution >= 4 is 46.6 Å². The molecule has 0 fully saturated rings. The number of non-ortho nitro benzene ring substituents is 1. The van der Waals surface area contributed by atoms with Gasteiger partial charge in [0.2, 0.25) is 5.95 Å². The van der Waals surface area contributed by atoms with E-state index in [9.17, 15) is 19.7 Å². The fraction of sp³-hybridized carbons (Fsp3) is 0.179. The van der Waals surface area contributed by atoms with Crippen molar-refractivity contribution in [2.24, 2.45) is 0 Å². The molecule has 210 valence electrons. The summed E-state index contributed by atoms with van der Waals surface area (Å²) in [5, 5.41) is 17.9. The molecule has 0 bridgehead atoms.